The molecule has 2 aromatic carbocycles. The maximum atomic E-state index is 6.38. The number of rotatable bonds is 5. The summed E-state index contributed by atoms with van der Waals surface area (Å²) in [5.41, 5.74) is 3.24. The van der Waals surface area contributed by atoms with Crippen LogP contribution in [-0.4, -0.2) is 35.5 Å². The first-order valence-electron chi connectivity index (χ1n) is 7.92. The van der Waals surface area contributed by atoms with E-state index < -0.39 is 0 Å². The van der Waals surface area contributed by atoms with E-state index in [1.165, 1.54) is 5.56 Å². The lowest BCUT2D eigenvalue weighted by atomic mass is 10.1. The molecule has 0 saturated carbocycles. The zero-order valence-corrected chi connectivity index (χ0v) is 14.9. The van der Waals surface area contributed by atoms with Gasteiger partial charge in [-0.05, 0) is 44.8 Å². The number of anilines is 1. The molecule has 0 aliphatic rings. The fraction of sp³-hybridized carbons (Fsp3) is 0.263. The van der Waals surface area contributed by atoms with Gasteiger partial charge in [-0.2, -0.15) is 0 Å². The molecule has 0 radical (unpaired) electrons. The van der Waals surface area contributed by atoms with Crippen LogP contribution in [0.1, 0.15) is 17.2 Å². The SMILES string of the molecule is Cc1ccc2ncnc(NCC(c3ccccc3Cl)N(C)C)c2c1. The molecule has 1 atom stereocenters. The van der Waals surface area contributed by atoms with Crippen LogP contribution in [-0.2, 0) is 0 Å². The number of likely N-dealkylation sites (N-methyl/N-ethyl adjacent to an activating group) is 1. The molecule has 0 aliphatic carbocycles. The molecule has 5 heteroatoms. The van der Waals surface area contributed by atoms with Crippen LogP contribution >= 0.6 is 11.6 Å². The fourth-order valence-electron chi connectivity index (χ4n) is 2.82. The normalized spacial score (nSPS) is 12.5. The average molecular weight is 341 g/mol. The molecule has 24 heavy (non-hydrogen) atoms. The molecule has 1 heterocycles. The maximum Gasteiger partial charge on any atom is 0.137 e. The zero-order chi connectivity index (χ0) is 17.1. The molecule has 0 fully saturated rings. The maximum absolute atomic E-state index is 6.38. The highest BCUT2D eigenvalue weighted by atomic mass is 35.5. The predicted octanol–water partition coefficient (Wildman–Crippen LogP) is 4.31. The summed E-state index contributed by atoms with van der Waals surface area (Å²) in [6, 6.07) is 14.3. The first kappa shape index (κ1) is 16.7. The minimum atomic E-state index is 0.147. The number of fused-ring (bicyclic) bond motifs is 1. The number of nitrogens with zero attached hydrogens (tertiary/aromatic N) is 3. The molecule has 0 bridgehead atoms. The Balaban J connectivity index is 1.88. The van der Waals surface area contributed by atoms with Crippen molar-refractivity contribution in [3.05, 3.63) is 64.9 Å². The minimum Gasteiger partial charge on any atom is -0.368 e. The van der Waals surface area contributed by atoms with E-state index in [4.69, 9.17) is 11.6 Å². The van der Waals surface area contributed by atoms with Gasteiger partial charge in [-0.1, -0.05) is 41.4 Å². The number of aryl methyl sites for hydroxylation is 1. The van der Waals surface area contributed by atoms with Gasteiger partial charge in [0, 0.05) is 17.0 Å². The van der Waals surface area contributed by atoms with Crippen molar-refractivity contribution in [3.8, 4) is 0 Å². The fourth-order valence-corrected chi connectivity index (χ4v) is 3.08. The van der Waals surface area contributed by atoms with Crippen LogP contribution in [0.15, 0.2) is 48.8 Å². The monoisotopic (exact) mass is 340 g/mol. The first-order chi connectivity index (χ1) is 11.6. The molecule has 1 N–H and O–H groups in total. The van der Waals surface area contributed by atoms with E-state index in [0.717, 1.165) is 27.3 Å². The summed E-state index contributed by atoms with van der Waals surface area (Å²) >= 11 is 6.38. The Labute approximate surface area is 147 Å². The van der Waals surface area contributed by atoms with E-state index in [2.05, 4.69) is 59.4 Å². The summed E-state index contributed by atoms with van der Waals surface area (Å²) in [7, 11) is 4.11. The molecule has 0 amide bonds. The molecule has 1 aromatic heterocycles. The number of nitrogens with one attached hydrogen (secondary N) is 1. The van der Waals surface area contributed by atoms with Crippen LogP contribution in [0.5, 0.6) is 0 Å². The standard InChI is InChI=1S/C19H21ClN4/c1-13-8-9-17-15(10-13)19(23-12-22-17)21-11-18(24(2)3)14-6-4-5-7-16(14)20/h4-10,12,18H,11H2,1-3H3,(H,21,22,23). The summed E-state index contributed by atoms with van der Waals surface area (Å²) < 4.78 is 0. The topological polar surface area (TPSA) is 41.1 Å². The number of aromatic nitrogens is 2. The predicted molar refractivity (Wildman–Crippen MR) is 101 cm³/mol. The van der Waals surface area contributed by atoms with Gasteiger partial charge in [0.15, 0.2) is 0 Å². The molecule has 0 saturated heterocycles. The average Bonchev–Trinajstić information content (AvgIpc) is 2.56. The Morgan fingerprint density at radius 2 is 1.92 bits per heavy atom. The molecule has 1 unspecified atom stereocenters. The molecule has 0 aliphatic heterocycles. The van der Waals surface area contributed by atoms with Gasteiger partial charge in [-0.25, -0.2) is 9.97 Å². The highest BCUT2D eigenvalue weighted by molar-refractivity contribution is 6.31. The molecular formula is C19H21ClN4. The lowest BCUT2D eigenvalue weighted by molar-refractivity contribution is 0.312. The lowest BCUT2D eigenvalue weighted by Crippen LogP contribution is -2.27. The quantitative estimate of drug-likeness (QED) is 0.751. The highest BCUT2D eigenvalue weighted by Gasteiger charge is 2.17. The third-order valence-electron chi connectivity index (χ3n) is 4.14. The smallest absolute Gasteiger partial charge is 0.137 e. The van der Waals surface area contributed by atoms with Crippen LogP contribution in [0.25, 0.3) is 10.9 Å². The van der Waals surface area contributed by atoms with Gasteiger partial charge in [-0.15, -0.1) is 0 Å². The molecule has 0 spiro atoms. The van der Waals surface area contributed by atoms with Crippen molar-refractivity contribution in [2.45, 2.75) is 13.0 Å². The number of halogens is 1. The molecule has 4 nitrogen and oxygen atoms in total. The third kappa shape index (κ3) is 3.50. The van der Waals surface area contributed by atoms with E-state index in [1.807, 2.05) is 24.3 Å². The van der Waals surface area contributed by atoms with Gasteiger partial charge in [0.2, 0.25) is 0 Å². The second kappa shape index (κ2) is 7.16. The lowest BCUT2D eigenvalue weighted by Gasteiger charge is -2.26. The third-order valence-corrected chi connectivity index (χ3v) is 4.49. The van der Waals surface area contributed by atoms with Crippen molar-refractivity contribution in [3.63, 3.8) is 0 Å². The van der Waals surface area contributed by atoms with Crippen molar-refractivity contribution < 1.29 is 0 Å². The van der Waals surface area contributed by atoms with Gasteiger partial charge < -0.3 is 10.2 Å². The van der Waals surface area contributed by atoms with Crippen LogP contribution < -0.4 is 5.32 Å². The molecule has 3 aromatic rings. The van der Waals surface area contributed by atoms with Crippen molar-refractivity contribution in [1.82, 2.24) is 14.9 Å². The van der Waals surface area contributed by atoms with Crippen LogP contribution in [0.4, 0.5) is 5.82 Å². The Bertz CT molecular complexity index is 848. The minimum absolute atomic E-state index is 0.147. The molecule has 3 rings (SSSR count). The van der Waals surface area contributed by atoms with Crippen LogP contribution in [0.3, 0.4) is 0 Å². The van der Waals surface area contributed by atoms with Gasteiger partial charge in [-0.3, -0.25) is 0 Å². The van der Waals surface area contributed by atoms with Crippen LogP contribution in [0.2, 0.25) is 5.02 Å². The Morgan fingerprint density at radius 1 is 1.12 bits per heavy atom. The number of benzene rings is 2. The Hall–Kier alpha value is -2.17. The van der Waals surface area contributed by atoms with E-state index in [9.17, 15) is 0 Å². The second-order valence-electron chi connectivity index (χ2n) is 6.12. The summed E-state index contributed by atoms with van der Waals surface area (Å²) in [6.07, 6.45) is 1.60. The Kier molecular flexibility index (Phi) is 4.97. The van der Waals surface area contributed by atoms with E-state index in [-0.39, 0.29) is 6.04 Å². The molecular weight excluding hydrogens is 320 g/mol. The summed E-state index contributed by atoms with van der Waals surface area (Å²) in [4.78, 5) is 10.9. The number of hydrogen-bond acceptors (Lipinski definition) is 4. The molecule has 124 valence electrons. The van der Waals surface area contributed by atoms with Crippen molar-refractivity contribution in [2.24, 2.45) is 0 Å². The van der Waals surface area contributed by atoms with Crippen LogP contribution in [0, 0.1) is 6.92 Å². The van der Waals surface area contributed by atoms with Gasteiger partial charge in [0.05, 0.1) is 11.6 Å². The summed E-state index contributed by atoms with van der Waals surface area (Å²) in [6.45, 7) is 2.78. The summed E-state index contributed by atoms with van der Waals surface area (Å²) in [5.74, 6) is 0.850. The van der Waals surface area contributed by atoms with E-state index in [1.54, 1.807) is 6.33 Å². The first-order valence-corrected chi connectivity index (χ1v) is 8.30. The van der Waals surface area contributed by atoms with E-state index in [0.29, 0.717) is 6.54 Å². The number of hydrogen-bond donors (Lipinski definition) is 1. The van der Waals surface area contributed by atoms with Gasteiger partial charge in [0.1, 0.15) is 12.1 Å². The summed E-state index contributed by atoms with van der Waals surface area (Å²) in [5, 5.41) is 5.29. The van der Waals surface area contributed by atoms with E-state index >= 15 is 0 Å². The Morgan fingerprint density at radius 3 is 2.67 bits per heavy atom. The van der Waals surface area contributed by atoms with Gasteiger partial charge >= 0.3 is 0 Å². The van der Waals surface area contributed by atoms with Crippen molar-refractivity contribution in [2.75, 3.05) is 26.0 Å². The van der Waals surface area contributed by atoms with Crippen molar-refractivity contribution >= 4 is 28.3 Å². The highest BCUT2D eigenvalue weighted by Crippen LogP contribution is 2.27. The van der Waals surface area contributed by atoms with Crippen molar-refractivity contribution in [1.29, 1.82) is 0 Å². The zero-order valence-electron chi connectivity index (χ0n) is 14.1. The second-order valence-corrected chi connectivity index (χ2v) is 6.53. The largest absolute Gasteiger partial charge is 0.368 e. The van der Waals surface area contributed by atoms with Gasteiger partial charge in [0.25, 0.3) is 0 Å².